The Labute approximate surface area is 129 Å². The van der Waals surface area contributed by atoms with Gasteiger partial charge in [-0.25, -0.2) is 0 Å². The molecule has 0 saturated heterocycles. The summed E-state index contributed by atoms with van der Waals surface area (Å²) in [5.41, 5.74) is 14.8. The molecular formula is C16H17N3OS. The summed E-state index contributed by atoms with van der Waals surface area (Å²) in [5.74, 6) is -0.449. The van der Waals surface area contributed by atoms with Gasteiger partial charge in [-0.15, -0.1) is 12.6 Å². The third kappa shape index (κ3) is 3.79. The van der Waals surface area contributed by atoms with Gasteiger partial charge in [0.15, 0.2) is 0 Å². The van der Waals surface area contributed by atoms with Gasteiger partial charge in [-0.2, -0.15) is 0 Å². The van der Waals surface area contributed by atoms with Crippen LogP contribution in [0.3, 0.4) is 0 Å². The van der Waals surface area contributed by atoms with Crippen LogP contribution in [0.15, 0.2) is 59.6 Å². The number of rotatable bonds is 5. The third-order valence-electron chi connectivity index (χ3n) is 3.03. The van der Waals surface area contributed by atoms with Crippen LogP contribution in [0.25, 0.3) is 11.1 Å². The highest BCUT2D eigenvalue weighted by Gasteiger charge is 2.10. The number of hydrogen-bond acceptors (Lipinski definition) is 4. The molecule has 0 unspecified atom stereocenters. The second-order valence-electron chi connectivity index (χ2n) is 4.55. The number of nitrogens with two attached hydrogens (primary N) is 2. The van der Waals surface area contributed by atoms with Crippen molar-refractivity contribution in [3.63, 3.8) is 0 Å². The predicted molar refractivity (Wildman–Crippen MR) is 90.1 cm³/mol. The summed E-state index contributed by atoms with van der Waals surface area (Å²) in [6, 6.07) is 15.0. The first-order valence-electron chi connectivity index (χ1n) is 6.43. The van der Waals surface area contributed by atoms with Crippen molar-refractivity contribution in [1.29, 1.82) is 0 Å². The zero-order valence-electron chi connectivity index (χ0n) is 11.4. The maximum atomic E-state index is 11.6. The number of anilines is 1. The summed E-state index contributed by atoms with van der Waals surface area (Å²) in [7, 11) is 0. The summed E-state index contributed by atoms with van der Waals surface area (Å²) < 4.78 is 0. The Morgan fingerprint density at radius 1 is 1.14 bits per heavy atom. The van der Waals surface area contributed by atoms with Crippen molar-refractivity contribution in [1.82, 2.24) is 0 Å². The molecule has 0 aliphatic carbocycles. The van der Waals surface area contributed by atoms with Crippen LogP contribution in [0.1, 0.15) is 10.4 Å². The van der Waals surface area contributed by atoms with Gasteiger partial charge in [0.05, 0.1) is 6.54 Å². The lowest BCUT2D eigenvalue weighted by Crippen LogP contribution is -2.14. The van der Waals surface area contributed by atoms with Crippen molar-refractivity contribution in [3.05, 3.63) is 65.2 Å². The Morgan fingerprint density at radius 3 is 2.48 bits per heavy atom. The molecule has 5 N–H and O–H groups in total. The van der Waals surface area contributed by atoms with E-state index in [2.05, 4.69) is 17.9 Å². The summed E-state index contributed by atoms with van der Waals surface area (Å²) in [6.07, 6.45) is 0. The van der Waals surface area contributed by atoms with E-state index >= 15 is 0 Å². The van der Waals surface area contributed by atoms with E-state index in [9.17, 15) is 4.79 Å². The minimum atomic E-state index is -0.449. The summed E-state index contributed by atoms with van der Waals surface area (Å²) >= 11 is 3.99. The summed E-state index contributed by atoms with van der Waals surface area (Å²) in [4.78, 5) is 11.6. The van der Waals surface area contributed by atoms with Crippen LogP contribution in [0.4, 0.5) is 5.69 Å². The summed E-state index contributed by atoms with van der Waals surface area (Å²) in [6.45, 7) is 0.480. The standard InChI is InChI=1S/C16H17N3OS/c17-12(10-21)9-19-13-6-7-14(16(18)20)15(8-13)11-4-2-1-3-5-11/h1-8,10,19,21H,9,17H2,(H2,18,20). The fourth-order valence-electron chi connectivity index (χ4n) is 1.98. The van der Waals surface area contributed by atoms with Gasteiger partial charge in [-0.05, 0) is 34.7 Å². The Kier molecular flexibility index (Phi) is 4.90. The Hall–Kier alpha value is -2.40. The first-order chi connectivity index (χ1) is 10.1. The number of carbonyl (C=O) groups excluding carboxylic acids is 1. The Bertz CT molecular complexity index is 668. The normalized spacial score (nSPS) is 11.2. The number of primary amides is 1. The van der Waals surface area contributed by atoms with Gasteiger partial charge in [0.25, 0.3) is 0 Å². The highest BCUT2D eigenvalue weighted by molar-refractivity contribution is 7.83. The van der Waals surface area contributed by atoms with Crippen LogP contribution in [-0.2, 0) is 0 Å². The van der Waals surface area contributed by atoms with E-state index in [1.165, 1.54) is 0 Å². The molecule has 2 aromatic rings. The second kappa shape index (κ2) is 6.85. The van der Waals surface area contributed by atoms with Gasteiger partial charge in [0.1, 0.15) is 0 Å². The molecule has 2 aromatic carbocycles. The number of hydrogen-bond donors (Lipinski definition) is 4. The van der Waals surface area contributed by atoms with E-state index in [1.807, 2.05) is 36.4 Å². The number of nitrogens with one attached hydrogen (secondary N) is 1. The van der Waals surface area contributed by atoms with E-state index < -0.39 is 5.91 Å². The molecule has 0 radical (unpaired) electrons. The quantitative estimate of drug-likeness (QED) is 0.641. The molecule has 4 nitrogen and oxygen atoms in total. The van der Waals surface area contributed by atoms with E-state index in [0.29, 0.717) is 17.8 Å². The number of benzene rings is 2. The van der Waals surface area contributed by atoms with E-state index in [0.717, 1.165) is 16.8 Å². The van der Waals surface area contributed by atoms with Crippen LogP contribution >= 0.6 is 12.6 Å². The van der Waals surface area contributed by atoms with Gasteiger partial charge in [0, 0.05) is 16.9 Å². The number of amides is 1. The van der Waals surface area contributed by atoms with Gasteiger partial charge in [-0.3, -0.25) is 4.79 Å². The molecule has 1 amide bonds. The number of carbonyl (C=O) groups is 1. The largest absolute Gasteiger partial charge is 0.400 e. The van der Waals surface area contributed by atoms with Crippen LogP contribution < -0.4 is 16.8 Å². The minimum Gasteiger partial charge on any atom is -0.400 e. The second-order valence-corrected chi connectivity index (χ2v) is 4.81. The molecule has 0 fully saturated rings. The smallest absolute Gasteiger partial charge is 0.249 e. The first kappa shape index (κ1) is 15.0. The molecule has 108 valence electrons. The fourth-order valence-corrected chi connectivity index (χ4v) is 2.07. The topological polar surface area (TPSA) is 81.1 Å². The molecule has 0 atom stereocenters. The highest BCUT2D eigenvalue weighted by Crippen LogP contribution is 2.26. The van der Waals surface area contributed by atoms with Crippen molar-refractivity contribution < 1.29 is 4.79 Å². The molecule has 0 aromatic heterocycles. The van der Waals surface area contributed by atoms with E-state index in [4.69, 9.17) is 11.5 Å². The van der Waals surface area contributed by atoms with Gasteiger partial charge in [-0.1, -0.05) is 30.3 Å². The third-order valence-corrected chi connectivity index (χ3v) is 3.36. The average Bonchev–Trinajstić information content (AvgIpc) is 2.53. The highest BCUT2D eigenvalue weighted by atomic mass is 32.1. The molecule has 0 bridgehead atoms. The lowest BCUT2D eigenvalue weighted by Gasteiger charge is -2.12. The van der Waals surface area contributed by atoms with Gasteiger partial charge in [0.2, 0.25) is 5.91 Å². The Morgan fingerprint density at radius 2 is 1.86 bits per heavy atom. The maximum Gasteiger partial charge on any atom is 0.249 e. The molecule has 5 heteroatoms. The van der Waals surface area contributed by atoms with Crippen molar-refractivity contribution in [3.8, 4) is 11.1 Å². The molecule has 2 rings (SSSR count). The molecule has 0 aliphatic heterocycles. The zero-order chi connectivity index (χ0) is 15.2. The van der Waals surface area contributed by atoms with Crippen LogP contribution in [0.5, 0.6) is 0 Å². The van der Waals surface area contributed by atoms with Gasteiger partial charge >= 0.3 is 0 Å². The number of thiol groups is 1. The monoisotopic (exact) mass is 299 g/mol. The average molecular weight is 299 g/mol. The van der Waals surface area contributed by atoms with Crippen molar-refractivity contribution in [2.45, 2.75) is 0 Å². The fraction of sp³-hybridized carbons (Fsp3) is 0.0625. The van der Waals surface area contributed by atoms with E-state index in [1.54, 1.807) is 17.5 Å². The predicted octanol–water partition coefficient (Wildman–Crippen LogP) is 2.59. The van der Waals surface area contributed by atoms with Crippen LogP contribution in [0, 0.1) is 0 Å². The SMILES string of the molecule is NC(=O)c1ccc(NCC(N)=CS)cc1-c1ccccc1. The minimum absolute atomic E-state index is 0.449. The van der Waals surface area contributed by atoms with Crippen molar-refractivity contribution in [2.75, 3.05) is 11.9 Å². The molecule has 21 heavy (non-hydrogen) atoms. The van der Waals surface area contributed by atoms with Crippen LogP contribution in [0.2, 0.25) is 0 Å². The molecule has 0 saturated carbocycles. The van der Waals surface area contributed by atoms with Crippen LogP contribution in [-0.4, -0.2) is 12.5 Å². The van der Waals surface area contributed by atoms with Crippen molar-refractivity contribution >= 4 is 24.2 Å². The molecular weight excluding hydrogens is 282 g/mol. The first-order valence-corrected chi connectivity index (χ1v) is 6.95. The summed E-state index contributed by atoms with van der Waals surface area (Å²) in [5, 5.41) is 4.72. The van der Waals surface area contributed by atoms with Crippen molar-refractivity contribution in [2.24, 2.45) is 11.5 Å². The molecule has 0 aliphatic rings. The lowest BCUT2D eigenvalue weighted by atomic mass is 9.98. The maximum absolute atomic E-state index is 11.6. The molecule has 0 spiro atoms. The lowest BCUT2D eigenvalue weighted by molar-refractivity contribution is 0.100. The Balaban J connectivity index is 2.38. The van der Waals surface area contributed by atoms with E-state index in [-0.39, 0.29) is 0 Å². The van der Waals surface area contributed by atoms with Gasteiger partial charge < -0.3 is 16.8 Å². The molecule has 0 heterocycles. The zero-order valence-corrected chi connectivity index (χ0v) is 12.3.